The maximum Gasteiger partial charge on any atom is 0.261 e. The summed E-state index contributed by atoms with van der Waals surface area (Å²) in [4.78, 5) is 15.1. The Kier molecular flexibility index (Phi) is 8.50. The lowest BCUT2D eigenvalue weighted by Gasteiger charge is -2.16. The van der Waals surface area contributed by atoms with Crippen molar-refractivity contribution in [2.75, 3.05) is 33.3 Å². The molecule has 32 heavy (non-hydrogen) atoms. The van der Waals surface area contributed by atoms with E-state index in [0.29, 0.717) is 12.3 Å². The molecule has 1 amide bonds. The summed E-state index contributed by atoms with van der Waals surface area (Å²) in [6.45, 7) is 3.85. The Morgan fingerprint density at radius 2 is 2.03 bits per heavy atom. The highest BCUT2D eigenvalue weighted by Gasteiger charge is 2.19. The molecular formula is C23H30BFN4O3. The topological polar surface area (TPSA) is 86.7 Å². The van der Waals surface area contributed by atoms with Gasteiger partial charge in [0, 0.05) is 12.1 Å². The second-order valence-corrected chi connectivity index (χ2v) is 7.88. The molecule has 1 heterocycles. The zero-order valence-electron chi connectivity index (χ0n) is 18.7. The lowest BCUT2D eigenvalue weighted by Crippen LogP contribution is -2.41. The van der Waals surface area contributed by atoms with E-state index in [4.69, 9.17) is 14.9 Å². The van der Waals surface area contributed by atoms with E-state index in [9.17, 15) is 9.18 Å². The average molecular weight is 440 g/mol. The average Bonchev–Trinajstić information content (AvgIpc) is 3.29. The van der Waals surface area contributed by atoms with Crippen LogP contribution in [0.3, 0.4) is 0 Å². The normalized spacial score (nSPS) is 13.6. The van der Waals surface area contributed by atoms with E-state index in [0.717, 1.165) is 37.1 Å². The van der Waals surface area contributed by atoms with Crippen LogP contribution in [0.15, 0.2) is 36.4 Å². The summed E-state index contributed by atoms with van der Waals surface area (Å²) >= 11 is 0. The zero-order valence-corrected chi connectivity index (χ0v) is 18.7. The van der Waals surface area contributed by atoms with Gasteiger partial charge in [0.15, 0.2) is 17.5 Å². The largest absolute Gasteiger partial charge is 0.496 e. The third-order valence-electron chi connectivity index (χ3n) is 5.41. The molecule has 0 radical (unpaired) electrons. The molecule has 1 aliphatic rings. The number of nitrogens with one attached hydrogen (secondary N) is 3. The fourth-order valence-corrected chi connectivity index (χ4v) is 3.75. The van der Waals surface area contributed by atoms with Crippen molar-refractivity contribution in [1.82, 2.24) is 15.5 Å². The van der Waals surface area contributed by atoms with Gasteiger partial charge in [-0.2, -0.15) is 0 Å². The molecule has 0 aromatic heterocycles. The smallest absolute Gasteiger partial charge is 0.261 e. The third-order valence-corrected chi connectivity index (χ3v) is 5.41. The first-order valence-electron chi connectivity index (χ1n) is 10.9. The number of guanidine groups is 1. The van der Waals surface area contributed by atoms with Crippen LogP contribution in [0.5, 0.6) is 11.5 Å². The summed E-state index contributed by atoms with van der Waals surface area (Å²) in [7, 11) is 3.49. The molecule has 1 fully saturated rings. The summed E-state index contributed by atoms with van der Waals surface area (Å²) in [5.41, 5.74) is 1.79. The molecular weight excluding hydrogens is 410 g/mol. The Hall–Kier alpha value is -3.07. The molecule has 170 valence electrons. The summed E-state index contributed by atoms with van der Waals surface area (Å²) in [5.74, 6) is -0.901. The lowest BCUT2D eigenvalue weighted by atomic mass is 9.94. The van der Waals surface area contributed by atoms with E-state index in [2.05, 4.69) is 15.5 Å². The van der Waals surface area contributed by atoms with Crippen LogP contribution in [-0.4, -0.2) is 57.9 Å². The van der Waals surface area contributed by atoms with E-state index >= 15 is 0 Å². The SMILES string of the molecule is Bc1ccc(OC)c(COc2c(F)cccc2C(=O)NC(=N)NCCCN2CCCC2)c1. The van der Waals surface area contributed by atoms with Crippen molar-refractivity contribution in [2.45, 2.75) is 25.9 Å². The quantitative estimate of drug-likeness (QED) is 0.238. The summed E-state index contributed by atoms with van der Waals surface area (Å²) in [6, 6.07) is 9.77. The Morgan fingerprint density at radius 1 is 1.25 bits per heavy atom. The fraction of sp³-hybridized carbons (Fsp3) is 0.391. The molecule has 0 bridgehead atoms. The van der Waals surface area contributed by atoms with E-state index in [1.807, 2.05) is 26.0 Å². The van der Waals surface area contributed by atoms with Gasteiger partial charge in [-0.1, -0.05) is 23.7 Å². The molecule has 0 unspecified atom stereocenters. The zero-order chi connectivity index (χ0) is 22.9. The monoisotopic (exact) mass is 440 g/mol. The number of benzene rings is 2. The number of halogens is 1. The predicted molar refractivity (Wildman–Crippen MR) is 125 cm³/mol. The maximum absolute atomic E-state index is 14.5. The highest BCUT2D eigenvalue weighted by atomic mass is 19.1. The van der Waals surface area contributed by atoms with Gasteiger partial charge in [0.25, 0.3) is 5.91 Å². The number of nitrogens with zero attached hydrogens (tertiary/aromatic N) is 1. The number of likely N-dealkylation sites (tertiary alicyclic amines) is 1. The van der Waals surface area contributed by atoms with Gasteiger partial charge in [0.05, 0.1) is 12.7 Å². The number of ether oxygens (including phenoxy) is 2. The van der Waals surface area contributed by atoms with Gasteiger partial charge in [-0.3, -0.25) is 15.5 Å². The van der Waals surface area contributed by atoms with E-state index < -0.39 is 11.7 Å². The Bertz CT molecular complexity index is 951. The van der Waals surface area contributed by atoms with Crippen LogP contribution in [0.1, 0.15) is 35.2 Å². The molecule has 1 saturated heterocycles. The minimum absolute atomic E-state index is 0.0280. The predicted octanol–water partition coefficient (Wildman–Crippen LogP) is 1.41. The number of amides is 1. The molecule has 9 heteroatoms. The van der Waals surface area contributed by atoms with Crippen LogP contribution >= 0.6 is 0 Å². The van der Waals surface area contributed by atoms with Crippen molar-refractivity contribution in [3.05, 3.63) is 53.3 Å². The molecule has 3 N–H and O–H groups in total. The number of methoxy groups -OCH3 is 1. The van der Waals surface area contributed by atoms with Crippen molar-refractivity contribution < 1.29 is 18.7 Å². The van der Waals surface area contributed by atoms with E-state index in [1.165, 1.54) is 31.0 Å². The van der Waals surface area contributed by atoms with Crippen LogP contribution in [0.4, 0.5) is 4.39 Å². The summed E-state index contributed by atoms with van der Waals surface area (Å²) < 4.78 is 25.5. The van der Waals surface area contributed by atoms with Crippen molar-refractivity contribution in [1.29, 1.82) is 5.41 Å². The highest BCUT2D eigenvalue weighted by Crippen LogP contribution is 2.25. The molecule has 2 aromatic rings. The minimum Gasteiger partial charge on any atom is -0.496 e. The molecule has 2 aromatic carbocycles. The van der Waals surface area contributed by atoms with Crippen LogP contribution in [-0.2, 0) is 6.61 Å². The van der Waals surface area contributed by atoms with E-state index in [1.54, 1.807) is 7.11 Å². The van der Waals surface area contributed by atoms with Gasteiger partial charge < -0.3 is 19.7 Å². The van der Waals surface area contributed by atoms with Crippen molar-refractivity contribution >= 4 is 25.2 Å². The van der Waals surface area contributed by atoms with Crippen LogP contribution in [0, 0.1) is 11.2 Å². The standard InChI is InChI=1S/C23H30BFN4O3/c1-31-20-9-8-17(24)14-16(20)15-32-21-18(6-4-7-19(21)25)22(30)28-23(26)27-10-5-13-29-11-2-3-12-29/h4,6-9,14H,2-3,5,10-13,15,24H2,1H3,(H3,26,27,28,30). The van der Waals surface area contributed by atoms with Gasteiger partial charge in [-0.25, -0.2) is 4.39 Å². The van der Waals surface area contributed by atoms with Gasteiger partial charge in [-0.15, -0.1) is 0 Å². The van der Waals surface area contributed by atoms with Crippen LogP contribution in [0.25, 0.3) is 0 Å². The molecule has 0 saturated carbocycles. The summed E-state index contributed by atoms with van der Waals surface area (Å²) in [6.07, 6.45) is 3.37. The van der Waals surface area contributed by atoms with Crippen molar-refractivity contribution in [2.24, 2.45) is 0 Å². The number of rotatable bonds is 9. The van der Waals surface area contributed by atoms with Gasteiger partial charge in [0.1, 0.15) is 20.2 Å². The van der Waals surface area contributed by atoms with Crippen molar-refractivity contribution in [3.8, 4) is 11.5 Å². The number of carbonyl (C=O) groups excluding carboxylic acids is 1. The first kappa shape index (κ1) is 23.6. The minimum atomic E-state index is -0.644. The first-order chi connectivity index (χ1) is 15.5. The fourth-order valence-electron chi connectivity index (χ4n) is 3.75. The third kappa shape index (κ3) is 6.47. The van der Waals surface area contributed by atoms with Gasteiger partial charge in [0.2, 0.25) is 0 Å². The summed E-state index contributed by atoms with van der Waals surface area (Å²) in [5, 5.41) is 13.4. The number of hydrogen-bond donors (Lipinski definition) is 3. The number of para-hydroxylation sites is 1. The molecule has 3 rings (SSSR count). The van der Waals surface area contributed by atoms with Gasteiger partial charge >= 0.3 is 0 Å². The molecule has 1 aliphatic heterocycles. The highest BCUT2D eigenvalue weighted by molar-refractivity contribution is 6.32. The number of hydrogen-bond acceptors (Lipinski definition) is 5. The van der Waals surface area contributed by atoms with Gasteiger partial charge in [-0.05, 0) is 57.1 Å². The van der Waals surface area contributed by atoms with Crippen LogP contribution < -0.4 is 25.6 Å². The molecule has 7 nitrogen and oxygen atoms in total. The second kappa shape index (κ2) is 11.5. The molecule has 0 aliphatic carbocycles. The number of carbonyl (C=O) groups is 1. The van der Waals surface area contributed by atoms with Crippen molar-refractivity contribution in [3.63, 3.8) is 0 Å². The lowest BCUT2D eigenvalue weighted by molar-refractivity contribution is 0.0970. The molecule has 0 spiro atoms. The second-order valence-electron chi connectivity index (χ2n) is 7.88. The first-order valence-corrected chi connectivity index (χ1v) is 10.9. The Morgan fingerprint density at radius 3 is 2.78 bits per heavy atom. The maximum atomic E-state index is 14.5. The van der Waals surface area contributed by atoms with Crippen LogP contribution in [0.2, 0.25) is 0 Å². The van der Waals surface area contributed by atoms with E-state index in [-0.39, 0.29) is 23.9 Å². The molecule has 0 atom stereocenters. The Balaban J connectivity index is 1.57. The Labute approximate surface area is 189 Å².